The smallest absolute Gasteiger partial charge is 0.336 e. The minimum Gasteiger partial charge on any atom is -0.468 e. The number of esters is 2. The molecule has 0 bridgehead atoms. The highest BCUT2D eigenvalue weighted by Gasteiger charge is 2.43. The number of nitro benzene ring substituents is 1. The van der Waals surface area contributed by atoms with Crippen LogP contribution in [0.5, 0.6) is 0 Å². The first-order valence-electron chi connectivity index (χ1n) is 11.7. The maximum absolute atomic E-state index is 13.2. The van der Waals surface area contributed by atoms with Crippen LogP contribution in [0.1, 0.15) is 45.1 Å². The number of nitrogens with zero attached hydrogens (tertiary/aromatic N) is 2. The number of nitrogens with one attached hydrogen (secondary N) is 1. The molecule has 1 heterocycles. The van der Waals surface area contributed by atoms with Crippen LogP contribution in [0.25, 0.3) is 0 Å². The Morgan fingerprint density at radius 3 is 2.59 bits per heavy atom. The zero-order chi connectivity index (χ0) is 27.5. The molecule has 12 heteroatoms. The van der Waals surface area contributed by atoms with Gasteiger partial charge in [0, 0.05) is 49.4 Å². The molecule has 2 atom stereocenters. The molecule has 200 valence electrons. The van der Waals surface area contributed by atoms with Crippen molar-refractivity contribution in [3.63, 3.8) is 0 Å². The number of amides is 1. The molecule has 0 aliphatic carbocycles. The summed E-state index contributed by atoms with van der Waals surface area (Å²) in [6.07, 6.45) is 0.808. The van der Waals surface area contributed by atoms with E-state index in [2.05, 4.69) is 10.3 Å². The molecule has 2 unspecified atom stereocenters. The Balaban J connectivity index is 2.40. The SMILES string of the molecule is CCOC(=O)C1=C(CSCC(=O)CCCNC(C)=O)N=C(C)C(C(=O)OC)C1c1cccc([N+](=O)[O-])c1. The van der Waals surface area contributed by atoms with E-state index in [0.717, 1.165) is 0 Å². The van der Waals surface area contributed by atoms with Crippen molar-refractivity contribution in [2.24, 2.45) is 10.9 Å². The number of ketones is 1. The first kappa shape index (κ1) is 29.7. The van der Waals surface area contributed by atoms with Gasteiger partial charge >= 0.3 is 11.9 Å². The molecule has 1 amide bonds. The molecule has 0 radical (unpaired) electrons. The number of benzene rings is 1. The van der Waals surface area contributed by atoms with E-state index >= 15 is 0 Å². The topological polar surface area (TPSA) is 154 Å². The summed E-state index contributed by atoms with van der Waals surface area (Å²) < 4.78 is 10.3. The lowest BCUT2D eigenvalue weighted by atomic mass is 9.75. The van der Waals surface area contributed by atoms with E-state index in [-0.39, 0.29) is 41.1 Å². The third-order valence-electron chi connectivity index (χ3n) is 5.62. The zero-order valence-corrected chi connectivity index (χ0v) is 22.1. The Hall–Kier alpha value is -3.54. The number of ether oxygens (including phenoxy) is 2. The van der Waals surface area contributed by atoms with Crippen molar-refractivity contribution in [2.75, 3.05) is 31.8 Å². The van der Waals surface area contributed by atoms with Crippen LogP contribution >= 0.6 is 11.8 Å². The highest BCUT2D eigenvalue weighted by Crippen LogP contribution is 2.41. The van der Waals surface area contributed by atoms with Crippen LogP contribution in [-0.2, 0) is 28.7 Å². The minimum absolute atomic E-state index is 0.0205. The molecule has 0 aromatic heterocycles. The van der Waals surface area contributed by atoms with Gasteiger partial charge < -0.3 is 14.8 Å². The van der Waals surface area contributed by atoms with Gasteiger partial charge in [-0.15, -0.1) is 11.8 Å². The van der Waals surface area contributed by atoms with Crippen molar-refractivity contribution >= 4 is 46.8 Å². The fourth-order valence-electron chi connectivity index (χ4n) is 4.00. The van der Waals surface area contributed by atoms with Crippen LogP contribution < -0.4 is 5.32 Å². The highest BCUT2D eigenvalue weighted by atomic mass is 32.2. The van der Waals surface area contributed by atoms with Crippen molar-refractivity contribution < 1.29 is 33.6 Å². The Labute approximate surface area is 219 Å². The lowest BCUT2D eigenvalue weighted by Gasteiger charge is -2.31. The van der Waals surface area contributed by atoms with Crippen molar-refractivity contribution in [3.05, 3.63) is 51.2 Å². The van der Waals surface area contributed by atoms with Gasteiger partial charge in [0.25, 0.3) is 5.69 Å². The number of carbonyl (C=O) groups is 4. The zero-order valence-electron chi connectivity index (χ0n) is 21.3. The number of non-ortho nitro benzene ring substituents is 1. The van der Waals surface area contributed by atoms with E-state index in [0.29, 0.717) is 36.4 Å². The molecule has 0 saturated heterocycles. The Morgan fingerprint density at radius 2 is 1.97 bits per heavy atom. The van der Waals surface area contributed by atoms with Crippen LogP contribution in [0, 0.1) is 16.0 Å². The van der Waals surface area contributed by atoms with Crippen LogP contribution in [0.4, 0.5) is 5.69 Å². The summed E-state index contributed by atoms with van der Waals surface area (Å²) in [5, 5.41) is 14.1. The van der Waals surface area contributed by atoms with Crippen molar-refractivity contribution in [1.29, 1.82) is 0 Å². The van der Waals surface area contributed by atoms with Crippen LogP contribution in [0.3, 0.4) is 0 Å². The number of nitro groups is 1. The van der Waals surface area contributed by atoms with E-state index in [1.165, 1.54) is 44.0 Å². The van der Waals surface area contributed by atoms with Gasteiger partial charge in [-0.25, -0.2) is 4.79 Å². The highest BCUT2D eigenvalue weighted by molar-refractivity contribution is 8.00. The normalized spacial score (nSPS) is 17.0. The number of aliphatic imine (C=N–C) groups is 1. The molecule has 37 heavy (non-hydrogen) atoms. The summed E-state index contributed by atoms with van der Waals surface area (Å²) >= 11 is 1.26. The van der Waals surface area contributed by atoms with E-state index in [4.69, 9.17) is 9.47 Å². The quantitative estimate of drug-likeness (QED) is 0.174. The molecular formula is C25H31N3O8S. The number of Topliss-reactive ketones (excluding diaryl/α,β-unsaturated/α-hetero) is 1. The maximum atomic E-state index is 13.2. The molecule has 1 aromatic rings. The van der Waals surface area contributed by atoms with Gasteiger partial charge in [-0.2, -0.15) is 0 Å². The first-order chi connectivity index (χ1) is 17.6. The van der Waals surface area contributed by atoms with E-state index in [1.807, 2.05) is 0 Å². The second kappa shape index (κ2) is 14.3. The van der Waals surface area contributed by atoms with Gasteiger partial charge in [-0.1, -0.05) is 12.1 Å². The van der Waals surface area contributed by atoms with Crippen molar-refractivity contribution in [2.45, 2.75) is 39.5 Å². The predicted octanol–water partition coefficient (Wildman–Crippen LogP) is 2.98. The number of methoxy groups -OCH3 is 1. The molecule has 1 aliphatic heterocycles. The third-order valence-corrected chi connectivity index (χ3v) is 6.62. The Bertz CT molecular complexity index is 1110. The summed E-state index contributed by atoms with van der Waals surface area (Å²) in [6.45, 7) is 5.16. The van der Waals surface area contributed by atoms with Gasteiger partial charge in [0.15, 0.2) is 0 Å². The van der Waals surface area contributed by atoms with E-state index in [9.17, 15) is 29.3 Å². The van der Waals surface area contributed by atoms with Gasteiger partial charge in [0.2, 0.25) is 5.91 Å². The molecular weight excluding hydrogens is 502 g/mol. The average Bonchev–Trinajstić information content (AvgIpc) is 2.85. The molecule has 0 saturated carbocycles. The van der Waals surface area contributed by atoms with Crippen LogP contribution in [-0.4, -0.2) is 66.0 Å². The standard InChI is InChI=1S/C25H31N3O8S/c1-5-36-25(32)23-20(14-37-13-19(30)10-7-11-26-16(3)29)27-15(2)21(24(31)35-4)22(23)17-8-6-9-18(12-17)28(33)34/h6,8-9,12,21-22H,5,7,10-11,13-14H2,1-4H3,(H,26,29). The molecule has 1 aliphatic rings. The van der Waals surface area contributed by atoms with E-state index in [1.54, 1.807) is 19.9 Å². The third kappa shape index (κ3) is 8.24. The Morgan fingerprint density at radius 1 is 1.24 bits per heavy atom. The minimum atomic E-state index is -0.990. The summed E-state index contributed by atoms with van der Waals surface area (Å²) in [4.78, 5) is 64.6. The molecule has 0 fully saturated rings. The van der Waals surface area contributed by atoms with Gasteiger partial charge in [-0.05, 0) is 25.8 Å². The summed E-state index contributed by atoms with van der Waals surface area (Å²) in [5.74, 6) is -3.08. The maximum Gasteiger partial charge on any atom is 0.336 e. The fourth-order valence-corrected chi connectivity index (χ4v) is 4.89. The summed E-state index contributed by atoms with van der Waals surface area (Å²) in [5.41, 5.74) is 1.01. The predicted molar refractivity (Wildman–Crippen MR) is 138 cm³/mol. The molecule has 1 N–H and O–H groups in total. The summed E-state index contributed by atoms with van der Waals surface area (Å²) in [6, 6.07) is 5.73. The number of thioether (sulfide) groups is 1. The molecule has 2 rings (SSSR count). The second-order valence-electron chi connectivity index (χ2n) is 8.28. The number of carbonyl (C=O) groups excluding carboxylic acids is 4. The van der Waals surface area contributed by atoms with Crippen LogP contribution in [0.15, 0.2) is 40.5 Å². The fraction of sp³-hybridized carbons (Fsp3) is 0.480. The second-order valence-corrected chi connectivity index (χ2v) is 9.27. The van der Waals surface area contributed by atoms with Crippen molar-refractivity contribution in [3.8, 4) is 0 Å². The van der Waals surface area contributed by atoms with E-state index < -0.39 is 28.7 Å². The average molecular weight is 534 g/mol. The summed E-state index contributed by atoms with van der Waals surface area (Å²) in [7, 11) is 1.22. The number of hydrogen-bond acceptors (Lipinski definition) is 10. The largest absolute Gasteiger partial charge is 0.468 e. The monoisotopic (exact) mass is 533 g/mol. The van der Waals surface area contributed by atoms with Crippen molar-refractivity contribution in [1.82, 2.24) is 5.32 Å². The molecule has 0 spiro atoms. The lowest BCUT2D eigenvalue weighted by Crippen LogP contribution is -2.36. The molecule has 11 nitrogen and oxygen atoms in total. The lowest BCUT2D eigenvalue weighted by molar-refractivity contribution is -0.384. The Kier molecular flexibility index (Phi) is 11.4. The van der Waals surface area contributed by atoms with Gasteiger partial charge in [0.1, 0.15) is 11.7 Å². The molecule has 1 aromatic carbocycles. The van der Waals surface area contributed by atoms with Crippen LogP contribution in [0.2, 0.25) is 0 Å². The van der Waals surface area contributed by atoms with Gasteiger partial charge in [-0.3, -0.25) is 29.5 Å². The first-order valence-corrected chi connectivity index (χ1v) is 12.9. The van der Waals surface area contributed by atoms with Gasteiger partial charge in [0.05, 0.1) is 35.7 Å². The number of rotatable bonds is 13. The number of hydrogen-bond donors (Lipinski definition) is 1.